The van der Waals surface area contributed by atoms with Crippen LogP contribution in [0, 0.1) is 18.3 Å². The van der Waals surface area contributed by atoms with Crippen LogP contribution in [-0.2, 0) is 9.47 Å². The average Bonchev–Trinajstić information content (AvgIpc) is 2.93. The highest BCUT2D eigenvalue weighted by Gasteiger charge is 2.39. The average molecular weight is 483 g/mol. The molecule has 0 bridgehead atoms. The SMILES string of the molecule is CNc1nc(Nc2cn(C(C)(C#N)C(F)F)nc2C)ncc1C(F)(F)I. The maximum atomic E-state index is 13.5. The molecule has 0 aliphatic carbocycles. The first-order valence-corrected chi connectivity index (χ1v) is 8.26. The number of nitrogens with zero attached hydrogens (tertiary/aromatic N) is 5. The Labute approximate surface area is 160 Å². The van der Waals surface area contributed by atoms with Gasteiger partial charge < -0.3 is 10.6 Å². The molecule has 0 saturated heterocycles. The molecular weight excluding hydrogens is 469 g/mol. The lowest BCUT2D eigenvalue weighted by Crippen LogP contribution is -2.36. The number of hydrogen-bond donors (Lipinski definition) is 2. The van der Waals surface area contributed by atoms with Crippen molar-refractivity contribution in [2.45, 2.75) is 29.7 Å². The Kier molecular flexibility index (Phi) is 5.59. The number of anilines is 3. The molecule has 2 heterocycles. The van der Waals surface area contributed by atoms with Gasteiger partial charge in [0, 0.05) is 35.8 Å². The van der Waals surface area contributed by atoms with Crippen LogP contribution in [0.1, 0.15) is 18.2 Å². The monoisotopic (exact) mass is 483 g/mol. The summed E-state index contributed by atoms with van der Waals surface area (Å²) >= 11 is 0.966. The van der Waals surface area contributed by atoms with E-state index in [1.807, 2.05) is 0 Å². The van der Waals surface area contributed by atoms with E-state index in [0.717, 1.165) is 40.4 Å². The number of aromatic nitrogens is 4. The van der Waals surface area contributed by atoms with Crippen LogP contribution in [0.4, 0.5) is 35.0 Å². The topological polar surface area (TPSA) is 91.5 Å². The number of halogens is 5. The smallest absolute Gasteiger partial charge is 0.326 e. The van der Waals surface area contributed by atoms with Crippen molar-refractivity contribution < 1.29 is 17.6 Å². The maximum absolute atomic E-state index is 13.5. The molecule has 0 saturated carbocycles. The first-order valence-electron chi connectivity index (χ1n) is 7.18. The minimum atomic E-state index is -3.17. The van der Waals surface area contributed by atoms with Gasteiger partial charge in [-0.2, -0.15) is 24.1 Å². The number of nitriles is 1. The quantitative estimate of drug-likeness (QED) is 0.370. The van der Waals surface area contributed by atoms with Crippen LogP contribution >= 0.6 is 22.6 Å². The zero-order valence-corrected chi connectivity index (χ0v) is 16.0. The fraction of sp³-hybridized carbons (Fsp3) is 0.429. The van der Waals surface area contributed by atoms with E-state index in [1.54, 1.807) is 0 Å². The van der Waals surface area contributed by atoms with Crippen LogP contribution in [0.25, 0.3) is 0 Å². The number of rotatable bonds is 6. The molecule has 0 aromatic carbocycles. The number of alkyl halides is 5. The molecule has 140 valence electrons. The van der Waals surface area contributed by atoms with Gasteiger partial charge in [0.05, 0.1) is 29.2 Å². The van der Waals surface area contributed by atoms with E-state index < -0.39 is 21.5 Å². The molecule has 2 N–H and O–H groups in total. The van der Waals surface area contributed by atoms with Gasteiger partial charge in [0.1, 0.15) is 5.82 Å². The maximum Gasteiger partial charge on any atom is 0.326 e. The van der Waals surface area contributed by atoms with Crippen molar-refractivity contribution in [1.82, 2.24) is 19.7 Å². The molecule has 0 aliphatic heterocycles. The number of hydrogen-bond acceptors (Lipinski definition) is 6. The zero-order valence-electron chi connectivity index (χ0n) is 13.9. The van der Waals surface area contributed by atoms with Crippen LogP contribution in [0.2, 0.25) is 0 Å². The van der Waals surface area contributed by atoms with Gasteiger partial charge in [-0.3, -0.25) is 0 Å². The molecule has 0 radical (unpaired) electrons. The summed E-state index contributed by atoms with van der Waals surface area (Å²) in [6, 6.07) is 1.54. The first-order chi connectivity index (χ1) is 12.0. The largest absolute Gasteiger partial charge is 0.373 e. The Hall–Kier alpha value is -2.17. The Balaban J connectivity index is 2.37. The second-order valence-electron chi connectivity index (χ2n) is 5.46. The van der Waals surface area contributed by atoms with Gasteiger partial charge in [-0.05, 0) is 13.8 Å². The first kappa shape index (κ1) is 20.1. The zero-order chi connectivity index (χ0) is 19.7. The molecule has 2 rings (SSSR count). The highest BCUT2D eigenvalue weighted by atomic mass is 127. The van der Waals surface area contributed by atoms with Crippen LogP contribution < -0.4 is 10.6 Å². The fourth-order valence-corrected chi connectivity index (χ4v) is 2.38. The summed E-state index contributed by atoms with van der Waals surface area (Å²) in [5.74, 6) is -0.113. The summed E-state index contributed by atoms with van der Waals surface area (Å²) in [6.07, 6.45) is -0.781. The Morgan fingerprint density at radius 1 is 1.38 bits per heavy atom. The summed E-state index contributed by atoms with van der Waals surface area (Å²) in [5.41, 5.74) is -1.96. The number of aryl methyl sites for hydroxylation is 1. The summed E-state index contributed by atoms with van der Waals surface area (Å²) in [6.45, 7) is 2.59. The van der Waals surface area contributed by atoms with Gasteiger partial charge in [0.2, 0.25) is 11.5 Å². The third-order valence-electron chi connectivity index (χ3n) is 3.60. The Bertz CT molecular complexity index is 843. The predicted octanol–water partition coefficient (Wildman–Crippen LogP) is 3.76. The van der Waals surface area contributed by atoms with E-state index in [1.165, 1.54) is 26.2 Å². The van der Waals surface area contributed by atoms with Crippen molar-refractivity contribution in [2.75, 3.05) is 17.7 Å². The molecular formula is C14H14F4IN7. The normalized spacial score (nSPS) is 14.0. The fourth-order valence-electron chi connectivity index (χ4n) is 1.98. The van der Waals surface area contributed by atoms with Crippen molar-refractivity contribution in [3.63, 3.8) is 0 Å². The highest BCUT2D eigenvalue weighted by molar-refractivity contribution is 14.1. The lowest BCUT2D eigenvalue weighted by molar-refractivity contribution is 0.0436. The van der Waals surface area contributed by atoms with Crippen molar-refractivity contribution >= 4 is 40.0 Å². The standard InChI is InChI=1S/C14H14F4IN7/c1-7-9(5-26(25-7)13(2,6-20)11(15)16)23-12-22-4-8(14(17,18)19)10(21-3)24-12/h4-5,11H,1-3H3,(H2,21,22,23,24). The predicted molar refractivity (Wildman–Crippen MR) is 95.0 cm³/mol. The molecule has 0 spiro atoms. The Morgan fingerprint density at radius 3 is 2.54 bits per heavy atom. The van der Waals surface area contributed by atoms with E-state index in [0.29, 0.717) is 5.69 Å². The minimum Gasteiger partial charge on any atom is -0.373 e. The highest BCUT2D eigenvalue weighted by Crippen LogP contribution is 2.38. The molecule has 1 atom stereocenters. The summed E-state index contributed by atoms with van der Waals surface area (Å²) in [4.78, 5) is 7.77. The van der Waals surface area contributed by atoms with Crippen molar-refractivity contribution in [3.05, 3.63) is 23.7 Å². The van der Waals surface area contributed by atoms with E-state index in [2.05, 4.69) is 25.7 Å². The van der Waals surface area contributed by atoms with Gasteiger partial charge in [-0.25, -0.2) is 18.4 Å². The molecule has 0 amide bonds. The van der Waals surface area contributed by atoms with E-state index in [-0.39, 0.29) is 17.5 Å². The van der Waals surface area contributed by atoms with Crippen molar-refractivity contribution in [2.24, 2.45) is 0 Å². The van der Waals surface area contributed by atoms with Gasteiger partial charge in [-0.15, -0.1) is 0 Å². The van der Waals surface area contributed by atoms with E-state index >= 15 is 0 Å². The van der Waals surface area contributed by atoms with Crippen molar-refractivity contribution in [1.29, 1.82) is 5.26 Å². The third kappa shape index (κ3) is 3.81. The molecule has 12 heteroatoms. The van der Waals surface area contributed by atoms with Crippen LogP contribution in [0.5, 0.6) is 0 Å². The molecule has 7 nitrogen and oxygen atoms in total. The van der Waals surface area contributed by atoms with Gasteiger partial charge in [-0.1, -0.05) is 0 Å². The second kappa shape index (κ2) is 7.22. The minimum absolute atomic E-state index is 0.0305. The summed E-state index contributed by atoms with van der Waals surface area (Å²) in [5, 5.41) is 18.3. The van der Waals surface area contributed by atoms with E-state index in [9.17, 15) is 17.6 Å². The molecule has 1 unspecified atom stereocenters. The molecule has 2 aromatic heterocycles. The molecule has 2 aromatic rings. The Morgan fingerprint density at radius 2 is 2.04 bits per heavy atom. The second-order valence-corrected chi connectivity index (χ2v) is 6.82. The van der Waals surface area contributed by atoms with Crippen LogP contribution in [-0.4, -0.2) is 33.2 Å². The van der Waals surface area contributed by atoms with Gasteiger partial charge in [0.15, 0.2) is 0 Å². The van der Waals surface area contributed by atoms with Crippen LogP contribution in [0.3, 0.4) is 0 Å². The van der Waals surface area contributed by atoms with Gasteiger partial charge in [0.25, 0.3) is 6.43 Å². The molecule has 0 fully saturated rings. The summed E-state index contributed by atoms with van der Waals surface area (Å²) < 4.78 is 51.1. The van der Waals surface area contributed by atoms with Crippen LogP contribution in [0.15, 0.2) is 12.4 Å². The lowest BCUT2D eigenvalue weighted by Gasteiger charge is -2.20. The summed E-state index contributed by atoms with van der Waals surface area (Å²) in [7, 11) is 1.43. The molecule has 26 heavy (non-hydrogen) atoms. The van der Waals surface area contributed by atoms with Crippen molar-refractivity contribution in [3.8, 4) is 6.07 Å². The van der Waals surface area contributed by atoms with E-state index in [4.69, 9.17) is 5.26 Å². The number of nitrogens with one attached hydrogen (secondary N) is 2. The van der Waals surface area contributed by atoms with Gasteiger partial charge >= 0.3 is 3.93 Å². The third-order valence-corrected chi connectivity index (χ3v) is 4.18. The molecule has 0 aliphatic rings. The lowest BCUT2D eigenvalue weighted by atomic mass is 10.1.